The van der Waals surface area contributed by atoms with Gasteiger partial charge in [-0.2, -0.15) is 0 Å². The maximum absolute atomic E-state index is 11.0. The van der Waals surface area contributed by atoms with Crippen molar-refractivity contribution in [3.05, 3.63) is 66.7 Å². The van der Waals surface area contributed by atoms with Crippen LogP contribution in [0.15, 0.2) is 66.7 Å². The summed E-state index contributed by atoms with van der Waals surface area (Å²) >= 11 is 0. The van der Waals surface area contributed by atoms with E-state index < -0.39 is 0 Å². The number of benzene rings is 3. The number of nitrogens with one attached hydrogen (secondary N) is 1. The van der Waals surface area contributed by atoms with Crippen LogP contribution in [-0.2, 0) is 4.79 Å². The zero-order valence-corrected chi connectivity index (χ0v) is 12.2. The molecule has 0 atom stereocenters. The minimum absolute atomic E-state index is 0.120. The second kappa shape index (κ2) is 7.13. The number of phenols is 2. The molecule has 3 aromatic carbocycles. The first-order valence-corrected chi connectivity index (χ1v) is 6.79. The molecule has 3 aromatic rings. The molecule has 0 heterocycles. The number of carbonyl (C=O) groups excluding carboxylic acids is 1. The van der Waals surface area contributed by atoms with Crippen LogP contribution in [0, 0.1) is 0 Å². The van der Waals surface area contributed by atoms with Crippen LogP contribution in [0.2, 0.25) is 0 Å². The van der Waals surface area contributed by atoms with E-state index in [2.05, 4.69) is 5.32 Å². The lowest BCUT2D eigenvalue weighted by Crippen LogP contribution is -2.05. The van der Waals surface area contributed by atoms with Gasteiger partial charge in [-0.3, -0.25) is 4.79 Å². The van der Waals surface area contributed by atoms with Crippen molar-refractivity contribution >= 4 is 22.4 Å². The summed E-state index contributed by atoms with van der Waals surface area (Å²) in [6, 6.07) is 19.4. The Hall–Kier alpha value is -3.01. The zero-order chi connectivity index (χ0) is 15.9. The minimum Gasteiger partial charge on any atom is -0.508 e. The van der Waals surface area contributed by atoms with Crippen molar-refractivity contribution in [1.29, 1.82) is 0 Å². The number of para-hydroxylation sites is 1. The lowest BCUT2D eigenvalue weighted by molar-refractivity contribution is -0.114. The molecule has 0 unspecified atom stereocenters. The summed E-state index contributed by atoms with van der Waals surface area (Å²) in [5, 5.41) is 22.6. The van der Waals surface area contributed by atoms with Crippen LogP contribution in [0.1, 0.15) is 6.92 Å². The quantitative estimate of drug-likeness (QED) is 0.637. The van der Waals surface area contributed by atoms with Crippen molar-refractivity contribution in [2.24, 2.45) is 0 Å². The summed E-state index contributed by atoms with van der Waals surface area (Å²) < 4.78 is 0. The SMILES string of the molecule is CC(=O)Nc1cccc2ccc(O)cc12.Oc1ccccc1. The number of carbonyl (C=O) groups is 1. The molecule has 0 aromatic heterocycles. The summed E-state index contributed by atoms with van der Waals surface area (Å²) in [6.45, 7) is 1.46. The van der Waals surface area contributed by atoms with E-state index in [0.717, 1.165) is 16.5 Å². The smallest absolute Gasteiger partial charge is 0.221 e. The molecule has 0 aliphatic rings. The fourth-order valence-electron chi connectivity index (χ4n) is 1.99. The van der Waals surface area contributed by atoms with E-state index in [-0.39, 0.29) is 11.7 Å². The summed E-state index contributed by atoms with van der Waals surface area (Å²) in [5.74, 6) is 0.397. The lowest BCUT2D eigenvalue weighted by atomic mass is 10.1. The van der Waals surface area contributed by atoms with Crippen molar-refractivity contribution in [3.8, 4) is 11.5 Å². The fraction of sp³-hybridized carbons (Fsp3) is 0.0556. The Morgan fingerprint density at radius 3 is 2.18 bits per heavy atom. The molecule has 4 heteroatoms. The minimum atomic E-state index is -0.120. The highest BCUT2D eigenvalue weighted by Gasteiger charge is 2.02. The van der Waals surface area contributed by atoms with Crippen molar-refractivity contribution in [2.75, 3.05) is 5.32 Å². The summed E-state index contributed by atoms with van der Waals surface area (Å²) in [7, 11) is 0. The molecule has 1 amide bonds. The predicted molar refractivity (Wildman–Crippen MR) is 88.0 cm³/mol. The number of phenolic OH excluding ortho intramolecular Hbond substituents is 2. The Kier molecular flexibility index (Phi) is 4.98. The van der Waals surface area contributed by atoms with E-state index in [4.69, 9.17) is 5.11 Å². The first kappa shape index (κ1) is 15.4. The molecular weight excluding hydrogens is 278 g/mol. The third-order valence-corrected chi connectivity index (χ3v) is 2.93. The van der Waals surface area contributed by atoms with Gasteiger partial charge in [0.2, 0.25) is 5.91 Å². The lowest BCUT2D eigenvalue weighted by Gasteiger charge is -2.06. The first-order valence-electron chi connectivity index (χ1n) is 6.79. The number of hydrogen-bond acceptors (Lipinski definition) is 3. The van der Waals surface area contributed by atoms with Gasteiger partial charge in [0, 0.05) is 18.0 Å². The van der Waals surface area contributed by atoms with Gasteiger partial charge in [-0.15, -0.1) is 0 Å². The van der Waals surface area contributed by atoms with Crippen molar-refractivity contribution in [1.82, 2.24) is 0 Å². The number of anilines is 1. The molecule has 4 nitrogen and oxygen atoms in total. The van der Waals surface area contributed by atoms with Gasteiger partial charge in [0.15, 0.2) is 0 Å². The second-order valence-electron chi connectivity index (χ2n) is 4.73. The standard InChI is InChI=1S/C12H11NO2.C6H6O/c1-8(14)13-12-4-2-3-9-5-6-10(15)7-11(9)12;7-6-4-2-1-3-5-6/h2-7,15H,1H3,(H,13,14);1-5,7H. The molecule has 112 valence electrons. The third-order valence-electron chi connectivity index (χ3n) is 2.93. The zero-order valence-electron chi connectivity index (χ0n) is 12.2. The van der Waals surface area contributed by atoms with E-state index in [0.29, 0.717) is 5.75 Å². The maximum Gasteiger partial charge on any atom is 0.221 e. The largest absolute Gasteiger partial charge is 0.508 e. The predicted octanol–water partition coefficient (Wildman–Crippen LogP) is 3.90. The van der Waals surface area contributed by atoms with Crippen LogP contribution in [0.5, 0.6) is 11.5 Å². The molecule has 0 bridgehead atoms. The maximum atomic E-state index is 11.0. The monoisotopic (exact) mass is 295 g/mol. The number of hydrogen-bond donors (Lipinski definition) is 3. The molecule has 0 saturated carbocycles. The molecule has 0 aliphatic carbocycles. The molecular formula is C18H17NO3. The molecule has 0 radical (unpaired) electrons. The third kappa shape index (κ3) is 4.24. The first-order chi connectivity index (χ1) is 10.6. The van der Waals surface area contributed by atoms with E-state index in [1.807, 2.05) is 30.3 Å². The summed E-state index contributed by atoms with van der Waals surface area (Å²) in [6.07, 6.45) is 0. The van der Waals surface area contributed by atoms with Gasteiger partial charge < -0.3 is 15.5 Å². The average Bonchev–Trinajstić information content (AvgIpc) is 2.49. The van der Waals surface area contributed by atoms with E-state index >= 15 is 0 Å². The van der Waals surface area contributed by atoms with Gasteiger partial charge in [-0.1, -0.05) is 36.4 Å². The number of amides is 1. The van der Waals surface area contributed by atoms with Crippen molar-refractivity contribution in [3.63, 3.8) is 0 Å². The van der Waals surface area contributed by atoms with Crippen LogP contribution in [0.3, 0.4) is 0 Å². The van der Waals surface area contributed by atoms with Gasteiger partial charge in [-0.05, 0) is 35.7 Å². The normalized spacial score (nSPS) is 9.68. The van der Waals surface area contributed by atoms with Crippen molar-refractivity contribution in [2.45, 2.75) is 6.92 Å². The molecule has 0 spiro atoms. The molecule has 3 N–H and O–H groups in total. The molecule has 0 fully saturated rings. The molecule has 22 heavy (non-hydrogen) atoms. The van der Waals surface area contributed by atoms with E-state index in [1.54, 1.807) is 36.4 Å². The Bertz CT molecular complexity index is 770. The Balaban J connectivity index is 0.000000211. The van der Waals surface area contributed by atoms with Gasteiger partial charge in [-0.25, -0.2) is 0 Å². The van der Waals surface area contributed by atoms with Crippen LogP contribution in [0.4, 0.5) is 5.69 Å². The van der Waals surface area contributed by atoms with Crippen LogP contribution in [-0.4, -0.2) is 16.1 Å². The van der Waals surface area contributed by atoms with Crippen molar-refractivity contribution < 1.29 is 15.0 Å². The highest BCUT2D eigenvalue weighted by atomic mass is 16.3. The molecule has 0 saturated heterocycles. The molecule has 0 aliphatic heterocycles. The van der Waals surface area contributed by atoms with Gasteiger partial charge in [0.05, 0.1) is 0 Å². The Morgan fingerprint density at radius 2 is 1.59 bits per heavy atom. The fourth-order valence-corrected chi connectivity index (χ4v) is 1.99. The second-order valence-corrected chi connectivity index (χ2v) is 4.73. The van der Waals surface area contributed by atoms with Gasteiger partial charge >= 0.3 is 0 Å². The summed E-state index contributed by atoms with van der Waals surface area (Å²) in [4.78, 5) is 11.0. The highest BCUT2D eigenvalue weighted by molar-refractivity contribution is 6.01. The topological polar surface area (TPSA) is 69.6 Å². The molecule has 3 rings (SSSR count). The van der Waals surface area contributed by atoms with E-state index in [1.165, 1.54) is 6.92 Å². The average molecular weight is 295 g/mol. The van der Waals surface area contributed by atoms with Gasteiger partial charge in [0.25, 0.3) is 0 Å². The van der Waals surface area contributed by atoms with Crippen LogP contribution < -0.4 is 5.32 Å². The van der Waals surface area contributed by atoms with Crippen LogP contribution >= 0.6 is 0 Å². The van der Waals surface area contributed by atoms with Crippen LogP contribution in [0.25, 0.3) is 10.8 Å². The Labute approximate surface area is 128 Å². The van der Waals surface area contributed by atoms with Gasteiger partial charge in [0.1, 0.15) is 11.5 Å². The highest BCUT2D eigenvalue weighted by Crippen LogP contribution is 2.26. The summed E-state index contributed by atoms with van der Waals surface area (Å²) in [5.41, 5.74) is 0.718. The number of rotatable bonds is 1. The van der Waals surface area contributed by atoms with E-state index in [9.17, 15) is 9.90 Å². The number of fused-ring (bicyclic) bond motifs is 1. The number of aromatic hydroxyl groups is 2. The Morgan fingerprint density at radius 1 is 0.864 bits per heavy atom.